The highest BCUT2D eigenvalue weighted by atomic mass is 19.1. The van der Waals surface area contributed by atoms with Gasteiger partial charge in [-0.05, 0) is 36.9 Å². The predicted molar refractivity (Wildman–Crippen MR) is 113 cm³/mol. The third kappa shape index (κ3) is 4.22. The van der Waals surface area contributed by atoms with E-state index in [9.17, 15) is 23.2 Å². The second kappa shape index (κ2) is 8.83. The summed E-state index contributed by atoms with van der Waals surface area (Å²) >= 11 is 0. The number of para-hydroxylation sites is 1. The maximum Gasteiger partial charge on any atom is 0.352 e. The van der Waals surface area contributed by atoms with Crippen molar-refractivity contribution in [2.24, 2.45) is 0 Å². The van der Waals surface area contributed by atoms with Gasteiger partial charge in [-0.1, -0.05) is 24.3 Å². The van der Waals surface area contributed by atoms with Gasteiger partial charge in [0, 0.05) is 26.2 Å². The molecule has 1 fully saturated rings. The highest BCUT2D eigenvalue weighted by Gasteiger charge is 2.27. The lowest BCUT2D eigenvalue weighted by Gasteiger charge is -2.32. The number of amides is 1. The summed E-state index contributed by atoms with van der Waals surface area (Å²) in [6, 6.07) is 10.7. The van der Waals surface area contributed by atoms with Crippen molar-refractivity contribution in [1.29, 1.82) is 0 Å². The Morgan fingerprint density at radius 1 is 0.969 bits per heavy atom. The normalized spacial score (nSPS) is 14.5. The van der Waals surface area contributed by atoms with Crippen LogP contribution in [-0.4, -0.2) is 63.3 Å². The molecule has 0 aliphatic carbocycles. The van der Waals surface area contributed by atoms with Crippen LogP contribution >= 0.6 is 0 Å². The first kappa shape index (κ1) is 21.6. The highest BCUT2D eigenvalue weighted by molar-refractivity contribution is 5.92. The Labute approximate surface area is 181 Å². The van der Waals surface area contributed by atoms with Gasteiger partial charge < -0.3 is 9.80 Å². The fourth-order valence-corrected chi connectivity index (χ4v) is 3.50. The lowest BCUT2D eigenvalue weighted by atomic mass is 10.2. The first-order valence-corrected chi connectivity index (χ1v) is 10.1. The predicted octanol–water partition coefficient (Wildman–Crippen LogP) is 1.11. The van der Waals surface area contributed by atoms with Crippen molar-refractivity contribution in [3.63, 3.8) is 0 Å². The summed E-state index contributed by atoms with van der Waals surface area (Å²) in [7, 11) is 1.92. The smallest absolute Gasteiger partial charge is 0.335 e. The molecule has 32 heavy (non-hydrogen) atoms. The zero-order valence-corrected chi connectivity index (χ0v) is 17.4. The van der Waals surface area contributed by atoms with Crippen LogP contribution in [0.4, 0.5) is 8.78 Å². The van der Waals surface area contributed by atoms with Gasteiger partial charge in [-0.25, -0.2) is 13.6 Å². The molecule has 1 amide bonds. The van der Waals surface area contributed by atoms with E-state index in [4.69, 9.17) is 0 Å². The van der Waals surface area contributed by atoms with Crippen LogP contribution in [0.2, 0.25) is 0 Å². The van der Waals surface area contributed by atoms with Gasteiger partial charge in [-0.3, -0.25) is 14.2 Å². The number of nitrogens with zero attached hydrogens (tertiary/aromatic N) is 5. The van der Waals surface area contributed by atoms with Gasteiger partial charge in [0.1, 0.15) is 17.3 Å². The average Bonchev–Trinajstić information content (AvgIpc) is 2.79. The van der Waals surface area contributed by atoms with Crippen LogP contribution < -0.4 is 11.2 Å². The molecule has 2 aromatic carbocycles. The van der Waals surface area contributed by atoms with E-state index in [0.717, 1.165) is 15.3 Å². The molecule has 0 bridgehead atoms. The topological polar surface area (TPSA) is 80.4 Å². The molecule has 166 valence electrons. The molecule has 1 aliphatic heterocycles. The molecule has 10 heteroatoms. The largest absolute Gasteiger partial charge is 0.352 e. The Hall–Kier alpha value is -3.66. The number of halogens is 2. The third-order valence-electron chi connectivity index (χ3n) is 5.39. The third-order valence-corrected chi connectivity index (χ3v) is 5.39. The van der Waals surface area contributed by atoms with Crippen LogP contribution in [0.3, 0.4) is 0 Å². The summed E-state index contributed by atoms with van der Waals surface area (Å²) < 4.78 is 29.3. The number of hydrogen-bond donors (Lipinski definition) is 0. The van der Waals surface area contributed by atoms with Crippen molar-refractivity contribution >= 4 is 5.91 Å². The SMILES string of the molecule is CN1CCN(C(=O)c2nn(-c3ccccc3F)c(=O)n(Cc3ccc(F)cc3)c2=O)CC1. The molecule has 2 heterocycles. The minimum absolute atomic E-state index is 0.183. The van der Waals surface area contributed by atoms with E-state index < -0.39 is 34.5 Å². The van der Waals surface area contributed by atoms with Crippen LogP contribution in [0.5, 0.6) is 0 Å². The molecular formula is C22H21F2N5O3. The summed E-state index contributed by atoms with van der Waals surface area (Å²) in [5.74, 6) is -1.82. The number of carbonyl (C=O) groups is 1. The van der Waals surface area contributed by atoms with Gasteiger partial charge in [-0.15, -0.1) is 0 Å². The lowest BCUT2D eigenvalue weighted by Crippen LogP contribution is -2.51. The van der Waals surface area contributed by atoms with Gasteiger partial charge >= 0.3 is 5.69 Å². The van der Waals surface area contributed by atoms with Crippen LogP contribution in [0.15, 0.2) is 58.1 Å². The quantitative estimate of drug-likeness (QED) is 0.606. The van der Waals surface area contributed by atoms with Crippen molar-refractivity contribution in [3.05, 3.63) is 92.3 Å². The molecule has 8 nitrogen and oxygen atoms in total. The molecule has 0 N–H and O–H groups in total. The minimum atomic E-state index is -0.903. The Morgan fingerprint density at radius 3 is 2.28 bits per heavy atom. The summed E-state index contributed by atoms with van der Waals surface area (Å²) in [5, 5.41) is 3.98. The molecule has 0 radical (unpaired) electrons. The van der Waals surface area contributed by atoms with Gasteiger partial charge in [0.25, 0.3) is 11.5 Å². The van der Waals surface area contributed by atoms with Gasteiger partial charge in [0.15, 0.2) is 0 Å². The molecule has 1 saturated heterocycles. The zero-order valence-electron chi connectivity index (χ0n) is 17.4. The van der Waals surface area contributed by atoms with Gasteiger partial charge in [-0.2, -0.15) is 9.78 Å². The molecule has 4 rings (SSSR count). The second-order valence-corrected chi connectivity index (χ2v) is 7.61. The number of aromatic nitrogens is 3. The molecule has 0 atom stereocenters. The van der Waals surface area contributed by atoms with E-state index in [-0.39, 0.29) is 12.2 Å². The standard InChI is InChI=1S/C22H21F2N5O3/c1-26-10-12-27(13-11-26)20(30)19-21(31)28(14-15-6-8-16(23)9-7-15)22(32)29(25-19)18-5-3-2-4-17(18)24/h2-9H,10-14H2,1H3. The Morgan fingerprint density at radius 2 is 1.62 bits per heavy atom. The average molecular weight is 441 g/mol. The minimum Gasteiger partial charge on any atom is -0.335 e. The van der Waals surface area contributed by atoms with Crippen molar-refractivity contribution in [1.82, 2.24) is 24.1 Å². The van der Waals surface area contributed by atoms with Crippen LogP contribution in [0, 0.1) is 11.6 Å². The van der Waals surface area contributed by atoms with Crippen molar-refractivity contribution in [3.8, 4) is 5.69 Å². The molecule has 0 saturated carbocycles. The van der Waals surface area contributed by atoms with Gasteiger partial charge in [0.05, 0.1) is 6.54 Å². The molecule has 3 aromatic rings. The Bertz CT molecular complexity index is 1260. The van der Waals surface area contributed by atoms with E-state index in [1.165, 1.54) is 47.4 Å². The van der Waals surface area contributed by atoms with E-state index in [0.29, 0.717) is 31.7 Å². The zero-order chi connectivity index (χ0) is 22.8. The maximum absolute atomic E-state index is 14.5. The monoisotopic (exact) mass is 441 g/mol. The number of piperazine rings is 1. The summed E-state index contributed by atoms with van der Waals surface area (Å²) in [6.07, 6.45) is 0. The summed E-state index contributed by atoms with van der Waals surface area (Å²) in [4.78, 5) is 42.9. The van der Waals surface area contributed by atoms with E-state index >= 15 is 0 Å². The maximum atomic E-state index is 14.5. The molecule has 0 spiro atoms. The van der Waals surface area contributed by atoms with Crippen LogP contribution in [0.25, 0.3) is 5.69 Å². The number of hydrogen-bond acceptors (Lipinski definition) is 5. The van der Waals surface area contributed by atoms with E-state index in [1.807, 2.05) is 11.9 Å². The fraction of sp³-hybridized carbons (Fsp3) is 0.273. The first-order valence-electron chi connectivity index (χ1n) is 10.1. The second-order valence-electron chi connectivity index (χ2n) is 7.61. The number of carbonyl (C=O) groups excluding carboxylic acids is 1. The summed E-state index contributed by atoms with van der Waals surface area (Å²) in [5.41, 5.74) is -1.97. The Balaban J connectivity index is 1.85. The lowest BCUT2D eigenvalue weighted by molar-refractivity contribution is 0.0652. The number of likely N-dealkylation sites (N-methyl/N-ethyl adjacent to an activating group) is 1. The highest BCUT2D eigenvalue weighted by Crippen LogP contribution is 2.11. The van der Waals surface area contributed by atoms with Crippen molar-refractivity contribution in [2.75, 3.05) is 33.2 Å². The molecule has 1 aromatic heterocycles. The van der Waals surface area contributed by atoms with Gasteiger partial charge in [0.2, 0.25) is 5.69 Å². The van der Waals surface area contributed by atoms with E-state index in [1.54, 1.807) is 0 Å². The first-order chi connectivity index (χ1) is 15.3. The Kier molecular flexibility index (Phi) is 5.95. The molecule has 0 unspecified atom stereocenters. The number of rotatable bonds is 4. The van der Waals surface area contributed by atoms with Crippen molar-refractivity contribution < 1.29 is 13.6 Å². The van der Waals surface area contributed by atoms with E-state index in [2.05, 4.69) is 5.10 Å². The van der Waals surface area contributed by atoms with Crippen LogP contribution in [-0.2, 0) is 6.54 Å². The molecular weight excluding hydrogens is 420 g/mol. The fourth-order valence-electron chi connectivity index (χ4n) is 3.50. The number of benzene rings is 2. The van der Waals surface area contributed by atoms with Crippen molar-refractivity contribution in [2.45, 2.75) is 6.54 Å². The molecule has 1 aliphatic rings. The van der Waals surface area contributed by atoms with Crippen LogP contribution in [0.1, 0.15) is 16.1 Å². The summed E-state index contributed by atoms with van der Waals surface area (Å²) in [6.45, 7) is 1.82.